The van der Waals surface area contributed by atoms with E-state index in [1.165, 1.54) is 6.20 Å². The van der Waals surface area contributed by atoms with E-state index in [0.29, 0.717) is 22.9 Å². The lowest BCUT2D eigenvalue weighted by Crippen LogP contribution is -2.25. The van der Waals surface area contributed by atoms with Crippen LogP contribution >= 0.6 is 0 Å². The van der Waals surface area contributed by atoms with Crippen molar-refractivity contribution in [1.82, 2.24) is 15.1 Å². The Morgan fingerprint density at radius 2 is 1.65 bits per heavy atom. The Morgan fingerprint density at radius 3 is 2.35 bits per heavy atom. The van der Waals surface area contributed by atoms with Crippen molar-refractivity contribution in [1.29, 1.82) is 0 Å². The summed E-state index contributed by atoms with van der Waals surface area (Å²) in [5.74, 6) is -0.322. The van der Waals surface area contributed by atoms with E-state index < -0.39 is 0 Å². The third-order valence-corrected chi connectivity index (χ3v) is 4.18. The number of para-hydroxylation sites is 1. The summed E-state index contributed by atoms with van der Waals surface area (Å²) in [6, 6.07) is 16.8. The van der Waals surface area contributed by atoms with Gasteiger partial charge in [-0.3, -0.25) is 9.59 Å². The number of hydrogen-bond donors (Lipinski definition) is 2. The smallest absolute Gasteiger partial charge is 0.258 e. The molecule has 1 aliphatic rings. The van der Waals surface area contributed by atoms with Gasteiger partial charge in [0.15, 0.2) is 0 Å². The van der Waals surface area contributed by atoms with Crippen LogP contribution in [0.25, 0.3) is 5.69 Å². The standard InChI is InChI=1S/C20H18N4O2/c25-19(22-17-10-11-17)14-6-8-16(9-7-14)23-20(26)15-12-21-24(13-15)18-4-2-1-3-5-18/h1-9,12-13,17H,10-11H2,(H,22,25)(H,23,26). The van der Waals surface area contributed by atoms with Crippen LogP contribution in [0.1, 0.15) is 33.6 Å². The molecule has 6 nitrogen and oxygen atoms in total. The first-order valence-corrected chi connectivity index (χ1v) is 8.51. The predicted molar refractivity (Wildman–Crippen MR) is 98.4 cm³/mol. The monoisotopic (exact) mass is 346 g/mol. The highest BCUT2D eigenvalue weighted by atomic mass is 16.2. The average molecular weight is 346 g/mol. The van der Waals surface area contributed by atoms with E-state index in [1.54, 1.807) is 35.1 Å². The molecule has 0 saturated heterocycles. The molecule has 130 valence electrons. The van der Waals surface area contributed by atoms with Gasteiger partial charge in [0.05, 0.1) is 17.4 Å². The molecule has 2 aromatic carbocycles. The molecule has 3 aromatic rings. The first kappa shape index (κ1) is 16.1. The molecule has 1 fully saturated rings. The Kier molecular flexibility index (Phi) is 4.23. The molecule has 1 aliphatic carbocycles. The lowest BCUT2D eigenvalue weighted by atomic mass is 10.2. The van der Waals surface area contributed by atoms with Crippen molar-refractivity contribution < 1.29 is 9.59 Å². The SMILES string of the molecule is O=C(Nc1ccc(C(=O)NC2CC2)cc1)c1cnn(-c2ccccc2)c1. The van der Waals surface area contributed by atoms with E-state index in [0.717, 1.165) is 18.5 Å². The van der Waals surface area contributed by atoms with Gasteiger partial charge in [0, 0.05) is 23.5 Å². The molecule has 1 saturated carbocycles. The van der Waals surface area contributed by atoms with Crippen LogP contribution in [0.15, 0.2) is 67.0 Å². The molecule has 4 rings (SSSR count). The summed E-state index contributed by atoms with van der Waals surface area (Å²) in [6.45, 7) is 0. The van der Waals surface area contributed by atoms with Gasteiger partial charge >= 0.3 is 0 Å². The van der Waals surface area contributed by atoms with E-state index in [4.69, 9.17) is 0 Å². The Bertz CT molecular complexity index is 928. The van der Waals surface area contributed by atoms with Crippen molar-refractivity contribution in [2.75, 3.05) is 5.32 Å². The number of nitrogens with one attached hydrogen (secondary N) is 2. The van der Waals surface area contributed by atoms with Gasteiger partial charge in [-0.05, 0) is 49.2 Å². The van der Waals surface area contributed by atoms with E-state index in [2.05, 4.69) is 15.7 Å². The summed E-state index contributed by atoms with van der Waals surface area (Å²) in [4.78, 5) is 24.4. The van der Waals surface area contributed by atoms with Crippen LogP contribution in [0.5, 0.6) is 0 Å². The van der Waals surface area contributed by atoms with Crippen molar-refractivity contribution in [2.45, 2.75) is 18.9 Å². The zero-order chi connectivity index (χ0) is 17.9. The zero-order valence-electron chi connectivity index (χ0n) is 14.1. The first-order chi connectivity index (χ1) is 12.7. The number of nitrogens with zero attached hydrogens (tertiary/aromatic N) is 2. The second kappa shape index (κ2) is 6.84. The molecule has 2 amide bonds. The molecule has 0 spiro atoms. The molecule has 0 bridgehead atoms. The average Bonchev–Trinajstić information content (AvgIpc) is 3.34. The topological polar surface area (TPSA) is 76.0 Å². The molecule has 6 heteroatoms. The van der Waals surface area contributed by atoms with Gasteiger partial charge in [0.1, 0.15) is 0 Å². The van der Waals surface area contributed by atoms with Gasteiger partial charge in [-0.15, -0.1) is 0 Å². The Labute approximate surface area is 150 Å². The minimum absolute atomic E-state index is 0.0745. The van der Waals surface area contributed by atoms with Gasteiger partial charge in [0.25, 0.3) is 11.8 Å². The van der Waals surface area contributed by atoms with Crippen molar-refractivity contribution >= 4 is 17.5 Å². The van der Waals surface area contributed by atoms with Crippen LogP contribution in [-0.2, 0) is 0 Å². The number of anilines is 1. The van der Waals surface area contributed by atoms with Crippen LogP contribution in [0.3, 0.4) is 0 Å². The molecule has 0 unspecified atom stereocenters. The number of amides is 2. The van der Waals surface area contributed by atoms with Crippen LogP contribution < -0.4 is 10.6 Å². The van der Waals surface area contributed by atoms with Crippen LogP contribution in [0, 0.1) is 0 Å². The fourth-order valence-corrected chi connectivity index (χ4v) is 2.57. The highest BCUT2D eigenvalue weighted by Crippen LogP contribution is 2.20. The first-order valence-electron chi connectivity index (χ1n) is 8.51. The van der Waals surface area contributed by atoms with Gasteiger partial charge in [-0.25, -0.2) is 4.68 Å². The Balaban J connectivity index is 1.41. The molecule has 0 aliphatic heterocycles. The lowest BCUT2D eigenvalue weighted by Gasteiger charge is -2.06. The summed E-state index contributed by atoms with van der Waals surface area (Å²) < 4.78 is 1.65. The lowest BCUT2D eigenvalue weighted by molar-refractivity contribution is 0.0950. The summed E-state index contributed by atoms with van der Waals surface area (Å²) in [5, 5.41) is 9.98. The largest absolute Gasteiger partial charge is 0.349 e. The molecule has 2 N–H and O–H groups in total. The Morgan fingerprint density at radius 1 is 0.923 bits per heavy atom. The zero-order valence-corrected chi connectivity index (χ0v) is 14.1. The normalized spacial score (nSPS) is 13.2. The predicted octanol–water partition coefficient (Wildman–Crippen LogP) is 3.02. The van der Waals surface area contributed by atoms with Crippen molar-refractivity contribution in [3.8, 4) is 5.69 Å². The van der Waals surface area contributed by atoms with Gasteiger partial charge < -0.3 is 10.6 Å². The van der Waals surface area contributed by atoms with Crippen molar-refractivity contribution in [3.63, 3.8) is 0 Å². The van der Waals surface area contributed by atoms with Crippen molar-refractivity contribution in [2.24, 2.45) is 0 Å². The number of hydrogen-bond acceptors (Lipinski definition) is 3. The molecule has 1 heterocycles. The quantitative estimate of drug-likeness (QED) is 0.746. The van der Waals surface area contributed by atoms with E-state index in [-0.39, 0.29) is 11.8 Å². The third-order valence-electron chi connectivity index (χ3n) is 4.18. The minimum Gasteiger partial charge on any atom is -0.349 e. The highest BCUT2D eigenvalue weighted by Gasteiger charge is 2.23. The van der Waals surface area contributed by atoms with Gasteiger partial charge in [0.2, 0.25) is 0 Å². The van der Waals surface area contributed by atoms with Gasteiger partial charge in [-0.2, -0.15) is 5.10 Å². The summed E-state index contributed by atoms with van der Waals surface area (Å²) in [6.07, 6.45) is 5.31. The number of aromatic nitrogens is 2. The summed E-state index contributed by atoms with van der Waals surface area (Å²) >= 11 is 0. The number of rotatable bonds is 5. The molecular weight excluding hydrogens is 328 g/mol. The fourth-order valence-electron chi connectivity index (χ4n) is 2.57. The number of carbonyl (C=O) groups is 2. The highest BCUT2D eigenvalue weighted by molar-refractivity contribution is 6.04. The maximum atomic E-state index is 12.4. The van der Waals surface area contributed by atoms with E-state index in [1.807, 2.05) is 30.3 Å². The third kappa shape index (κ3) is 3.64. The molecule has 0 radical (unpaired) electrons. The minimum atomic E-state index is -0.248. The van der Waals surface area contributed by atoms with Crippen molar-refractivity contribution in [3.05, 3.63) is 78.1 Å². The second-order valence-corrected chi connectivity index (χ2v) is 6.29. The molecule has 1 aromatic heterocycles. The fraction of sp³-hybridized carbons (Fsp3) is 0.150. The van der Waals surface area contributed by atoms with Gasteiger partial charge in [-0.1, -0.05) is 18.2 Å². The van der Waals surface area contributed by atoms with E-state index >= 15 is 0 Å². The van der Waals surface area contributed by atoms with Crippen LogP contribution in [0.4, 0.5) is 5.69 Å². The van der Waals surface area contributed by atoms with Crippen LogP contribution in [-0.4, -0.2) is 27.6 Å². The molecule has 26 heavy (non-hydrogen) atoms. The second-order valence-electron chi connectivity index (χ2n) is 6.29. The summed E-state index contributed by atoms with van der Waals surface area (Å²) in [5.41, 5.74) is 2.57. The molecular formula is C20H18N4O2. The summed E-state index contributed by atoms with van der Waals surface area (Å²) in [7, 11) is 0. The number of benzene rings is 2. The maximum Gasteiger partial charge on any atom is 0.258 e. The molecule has 0 atom stereocenters. The number of carbonyl (C=O) groups excluding carboxylic acids is 2. The van der Waals surface area contributed by atoms with E-state index in [9.17, 15) is 9.59 Å². The van der Waals surface area contributed by atoms with Crippen LogP contribution in [0.2, 0.25) is 0 Å². The Hall–Kier alpha value is -3.41. The maximum absolute atomic E-state index is 12.4.